The first kappa shape index (κ1) is 26.9. The zero-order valence-electron chi connectivity index (χ0n) is 22.5. The smallest absolute Gasteiger partial charge is 0.263 e. The second kappa shape index (κ2) is 11.3. The largest absolute Gasteiger partial charge is 0.490 e. The van der Waals surface area contributed by atoms with E-state index in [1.165, 1.54) is 11.1 Å². The Morgan fingerprint density at radius 1 is 1.18 bits per heavy atom. The van der Waals surface area contributed by atoms with Crippen molar-refractivity contribution < 1.29 is 18.5 Å². The maximum absolute atomic E-state index is 13.1. The van der Waals surface area contributed by atoms with Crippen molar-refractivity contribution in [1.82, 2.24) is 4.72 Å². The number of rotatable bonds is 1. The van der Waals surface area contributed by atoms with Crippen LogP contribution in [-0.4, -0.2) is 48.8 Å². The first-order chi connectivity index (χ1) is 19.0. The number of nitrogens with zero attached hydrogens (tertiary/aromatic N) is 1. The van der Waals surface area contributed by atoms with Gasteiger partial charge in [-0.15, -0.1) is 0 Å². The van der Waals surface area contributed by atoms with Crippen molar-refractivity contribution in [2.45, 2.75) is 56.5 Å². The van der Waals surface area contributed by atoms with E-state index in [2.05, 4.69) is 33.9 Å². The molecule has 2 bridgehead atoms. The SMILES string of the molecule is COC1/C=C/CCCS(=O)NC(=O)c2ccc3c(c2)N(CC2CCC21)CC1(CCCc2cc(Cl)ccc21)CO3. The standard InChI is InChI=1S/C31H37ClN2O4S/c1-37-28-7-3-2-4-15-39(36)33-30(35)22-9-13-29-27(17-22)34(18-23-8-11-25(23)28)19-31(20-38-29)14-5-6-21-16-24(32)10-12-26(21)31/h3,7,9-10,12-13,16-17,23,25,28H,2,4-6,8,11,14-15,18-20H2,1H3,(H,33,35)/b7-3+. The molecular formula is C31H37ClN2O4S. The van der Waals surface area contributed by atoms with Crippen molar-refractivity contribution in [3.63, 3.8) is 0 Å². The van der Waals surface area contributed by atoms with Gasteiger partial charge in [0.1, 0.15) is 16.7 Å². The molecule has 2 aromatic carbocycles. The predicted octanol–water partition coefficient (Wildman–Crippen LogP) is 5.60. The lowest BCUT2D eigenvalue weighted by molar-refractivity contribution is 0.0132. The highest BCUT2D eigenvalue weighted by atomic mass is 35.5. The molecule has 1 fully saturated rings. The topological polar surface area (TPSA) is 67.9 Å². The molecule has 1 N–H and O–H groups in total. The third-order valence-electron chi connectivity index (χ3n) is 9.16. The van der Waals surface area contributed by atoms with Crippen LogP contribution in [0.25, 0.3) is 0 Å². The second-order valence-electron chi connectivity index (χ2n) is 11.5. The molecule has 5 atom stereocenters. The average molecular weight is 569 g/mol. The first-order valence-electron chi connectivity index (χ1n) is 14.2. The van der Waals surface area contributed by atoms with Crippen LogP contribution in [0.1, 0.15) is 60.0 Å². The molecule has 6 nitrogen and oxygen atoms in total. The molecule has 5 unspecified atom stereocenters. The lowest BCUT2D eigenvalue weighted by Gasteiger charge is -2.46. The van der Waals surface area contributed by atoms with Gasteiger partial charge in [0, 0.05) is 42.0 Å². The molecule has 6 rings (SSSR count). The molecule has 2 aliphatic carbocycles. The lowest BCUT2D eigenvalue weighted by atomic mass is 9.68. The van der Waals surface area contributed by atoms with Gasteiger partial charge in [0.25, 0.3) is 5.91 Å². The van der Waals surface area contributed by atoms with E-state index < -0.39 is 11.0 Å². The Bertz CT molecular complexity index is 1300. The molecule has 1 saturated carbocycles. The molecule has 208 valence electrons. The van der Waals surface area contributed by atoms with Gasteiger partial charge in [-0.25, -0.2) is 4.21 Å². The highest BCUT2D eigenvalue weighted by molar-refractivity contribution is 7.83. The number of nitrogens with one attached hydrogen (secondary N) is 1. The fourth-order valence-electron chi connectivity index (χ4n) is 6.96. The highest BCUT2D eigenvalue weighted by Gasteiger charge is 2.44. The number of hydrogen-bond acceptors (Lipinski definition) is 5. The number of amides is 1. The molecule has 2 heterocycles. The summed E-state index contributed by atoms with van der Waals surface area (Å²) in [5, 5.41) is 0.776. The molecule has 1 spiro atoms. The number of carbonyl (C=O) groups excluding carboxylic acids is 1. The summed E-state index contributed by atoms with van der Waals surface area (Å²) in [5.41, 5.74) is 3.92. The van der Waals surface area contributed by atoms with Crippen LogP contribution in [0, 0.1) is 11.8 Å². The Morgan fingerprint density at radius 2 is 2.08 bits per heavy atom. The number of methoxy groups -OCH3 is 1. The van der Waals surface area contributed by atoms with Crippen molar-refractivity contribution >= 4 is 34.2 Å². The third-order valence-corrected chi connectivity index (χ3v) is 10.5. The summed E-state index contributed by atoms with van der Waals surface area (Å²) in [7, 11) is 0.373. The minimum absolute atomic E-state index is 0.0717. The summed E-state index contributed by atoms with van der Waals surface area (Å²) < 4.78 is 27.8. The summed E-state index contributed by atoms with van der Waals surface area (Å²) in [5.74, 6) is 1.84. The van der Waals surface area contributed by atoms with Gasteiger partial charge >= 0.3 is 0 Å². The number of fused-ring (bicyclic) bond motifs is 4. The fraction of sp³-hybridized carbons (Fsp3) is 0.516. The normalized spacial score (nSPS) is 31.6. The predicted molar refractivity (Wildman–Crippen MR) is 156 cm³/mol. The molecule has 0 saturated heterocycles. The van der Waals surface area contributed by atoms with Crippen LogP contribution in [0.15, 0.2) is 48.6 Å². The van der Waals surface area contributed by atoms with Gasteiger partial charge in [-0.1, -0.05) is 29.8 Å². The Morgan fingerprint density at radius 3 is 2.90 bits per heavy atom. The Kier molecular flexibility index (Phi) is 7.75. The van der Waals surface area contributed by atoms with Crippen molar-refractivity contribution in [1.29, 1.82) is 0 Å². The summed E-state index contributed by atoms with van der Waals surface area (Å²) in [6.07, 6.45) is 11.4. The van der Waals surface area contributed by atoms with Crippen molar-refractivity contribution in [2.75, 3.05) is 37.5 Å². The van der Waals surface area contributed by atoms with Crippen LogP contribution < -0.4 is 14.4 Å². The third kappa shape index (κ3) is 5.38. The first-order valence-corrected chi connectivity index (χ1v) is 15.8. The summed E-state index contributed by atoms with van der Waals surface area (Å²) in [4.78, 5) is 15.5. The van der Waals surface area contributed by atoms with E-state index >= 15 is 0 Å². The quantitative estimate of drug-likeness (QED) is 0.454. The monoisotopic (exact) mass is 568 g/mol. The minimum Gasteiger partial charge on any atom is -0.490 e. The van der Waals surface area contributed by atoms with Crippen LogP contribution in [0.4, 0.5) is 5.69 Å². The molecule has 39 heavy (non-hydrogen) atoms. The summed E-state index contributed by atoms with van der Waals surface area (Å²) in [6, 6.07) is 11.9. The van der Waals surface area contributed by atoms with Gasteiger partial charge in [-0.05, 0) is 98.2 Å². The fourth-order valence-corrected chi connectivity index (χ4v) is 8.01. The number of carbonyl (C=O) groups is 1. The number of aryl methyl sites for hydroxylation is 1. The van der Waals surface area contributed by atoms with Gasteiger partial charge in [-0.3, -0.25) is 9.52 Å². The Hall–Kier alpha value is -2.35. The van der Waals surface area contributed by atoms with Crippen molar-refractivity contribution in [2.24, 2.45) is 11.8 Å². The van der Waals surface area contributed by atoms with E-state index in [1.807, 2.05) is 18.2 Å². The molecule has 2 aliphatic heterocycles. The van der Waals surface area contributed by atoms with E-state index in [4.69, 9.17) is 21.1 Å². The molecule has 0 radical (unpaired) electrons. The van der Waals surface area contributed by atoms with Gasteiger partial charge in [0.15, 0.2) is 0 Å². The second-order valence-corrected chi connectivity index (χ2v) is 13.3. The van der Waals surface area contributed by atoms with E-state index in [-0.39, 0.29) is 17.4 Å². The van der Waals surface area contributed by atoms with Gasteiger partial charge in [-0.2, -0.15) is 0 Å². The number of hydrogen-bond donors (Lipinski definition) is 1. The highest BCUT2D eigenvalue weighted by Crippen LogP contribution is 2.47. The number of anilines is 1. The zero-order chi connectivity index (χ0) is 27.0. The average Bonchev–Trinajstić information content (AvgIpc) is 3.06. The van der Waals surface area contributed by atoms with E-state index in [1.54, 1.807) is 13.2 Å². The van der Waals surface area contributed by atoms with Crippen LogP contribution >= 0.6 is 11.6 Å². The lowest BCUT2D eigenvalue weighted by Crippen LogP contribution is -2.49. The minimum atomic E-state index is -1.43. The number of benzene rings is 2. The van der Waals surface area contributed by atoms with E-state index in [0.29, 0.717) is 29.8 Å². The van der Waals surface area contributed by atoms with Gasteiger partial charge in [0.2, 0.25) is 0 Å². The number of ether oxygens (including phenoxy) is 2. The molecular weight excluding hydrogens is 532 g/mol. The number of halogens is 1. The molecule has 8 heteroatoms. The van der Waals surface area contributed by atoms with Crippen LogP contribution in [0.5, 0.6) is 5.75 Å². The summed E-state index contributed by atoms with van der Waals surface area (Å²) >= 11 is 6.40. The van der Waals surface area contributed by atoms with Crippen LogP contribution in [-0.2, 0) is 27.6 Å². The van der Waals surface area contributed by atoms with Crippen LogP contribution in [0.2, 0.25) is 5.02 Å². The Labute approximate surface area is 238 Å². The molecule has 4 aliphatic rings. The number of allylic oxidation sites excluding steroid dienone is 1. The maximum atomic E-state index is 13.1. The van der Waals surface area contributed by atoms with Gasteiger partial charge in [0.05, 0.1) is 18.4 Å². The molecule has 2 aromatic rings. The van der Waals surface area contributed by atoms with Gasteiger partial charge < -0.3 is 14.4 Å². The van der Waals surface area contributed by atoms with E-state index in [0.717, 1.165) is 74.5 Å². The molecule has 1 amide bonds. The zero-order valence-corrected chi connectivity index (χ0v) is 24.1. The van der Waals surface area contributed by atoms with Crippen LogP contribution in [0.3, 0.4) is 0 Å². The Balaban J connectivity index is 1.41. The molecule has 0 aromatic heterocycles. The van der Waals surface area contributed by atoms with Crippen molar-refractivity contribution in [3.8, 4) is 5.75 Å². The van der Waals surface area contributed by atoms with E-state index in [9.17, 15) is 9.00 Å². The maximum Gasteiger partial charge on any atom is 0.263 e. The summed E-state index contributed by atoms with van der Waals surface area (Å²) in [6.45, 7) is 2.26. The van der Waals surface area contributed by atoms with Crippen molar-refractivity contribution in [3.05, 3.63) is 70.3 Å².